The van der Waals surface area contributed by atoms with Crippen molar-refractivity contribution < 1.29 is 26.3 Å². The molecule has 10 heteroatoms. The SMILES string of the molecule is CN(C)c1ccc(Nc2ccc(S(=O)(=O)NCC3CCOCC3)c(C(F)(F)F)c2)cc1. The third-order valence-electron chi connectivity index (χ3n) is 5.15. The van der Waals surface area contributed by atoms with Crippen molar-refractivity contribution in [1.82, 2.24) is 4.72 Å². The molecule has 2 N–H and O–H groups in total. The van der Waals surface area contributed by atoms with E-state index in [9.17, 15) is 21.6 Å². The van der Waals surface area contributed by atoms with E-state index in [2.05, 4.69) is 10.0 Å². The number of hydrogen-bond acceptors (Lipinski definition) is 5. The summed E-state index contributed by atoms with van der Waals surface area (Å²) in [6.07, 6.45) is -3.48. The first-order chi connectivity index (χ1) is 14.6. The molecule has 1 aliphatic heterocycles. The smallest absolute Gasteiger partial charge is 0.381 e. The maximum atomic E-state index is 13.7. The Kier molecular flexibility index (Phi) is 7.13. The van der Waals surface area contributed by atoms with Gasteiger partial charge in [-0.05, 0) is 61.2 Å². The van der Waals surface area contributed by atoms with Crippen LogP contribution in [0.4, 0.5) is 30.2 Å². The minimum absolute atomic E-state index is 0.0453. The predicted molar refractivity (Wildman–Crippen MR) is 114 cm³/mol. The number of hydrogen-bond donors (Lipinski definition) is 2. The summed E-state index contributed by atoms with van der Waals surface area (Å²) in [6, 6.07) is 10.3. The second-order valence-electron chi connectivity index (χ2n) is 7.68. The lowest BCUT2D eigenvalue weighted by molar-refractivity contribution is -0.139. The molecule has 1 saturated heterocycles. The normalized spacial score (nSPS) is 15.6. The van der Waals surface area contributed by atoms with Crippen molar-refractivity contribution in [2.45, 2.75) is 23.9 Å². The fraction of sp³-hybridized carbons (Fsp3) is 0.429. The lowest BCUT2D eigenvalue weighted by atomic mass is 10.0. The quantitative estimate of drug-likeness (QED) is 0.652. The second-order valence-corrected chi connectivity index (χ2v) is 9.42. The van der Waals surface area contributed by atoms with Crippen LogP contribution in [0.15, 0.2) is 47.4 Å². The zero-order valence-corrected chi connectivity index (χ0v) is 18.2. The van der Waals surface area contributed by atoms with Gasteiger partial charge in [0.2, 0.25) is 10.0 Å². The zero-order valence-electron chi connectivity index (χ0n) is 17.4. The molecule has 2 aromatic carbocycles. The highest BCUT2D eigenvalue weighted by molar-refractivity contribution is 7.89. The molecule has 3 rings (SSSR count). The van der Waals surface area contributed by atoms with Gasteiger partial charge in [0.05, 0.1) is 10.5 Å². The summed E-state index contributed by atoms with van der Waals surface area (Å²) >= 11 is 0. The van der Waals surface area contributed by atoms with E-state index in [1.54, 1.807) is 12.1 Å². The molecular formula is C21H26F3N3O3S. The summed E-state index contributed by atoms with van der Waals surface area (Å²) in [7, 11) is -0.558. The molecule has 170 valence electrons. The number of ether oxygens (including phenoxy) is 1. The Bertz CT molecular complexity index is 987. The Balaban J connectivity index is 1.82. The summed E-state index contributed by atoms with van der Waals surface area (Å²) in [5, 5.41) is 2.90. The first-order valence-corrected chi connectivity index (χ1v) is 11.4. The van der Waals surface area contributed by atoms with Gasteiger partial charge in [0.1, 0.15) is 0 Å². The maximum Gasteiger partial charge on any atom is 0.417 e. The number of benzene rings is 2. The number of alkyl halides is 3. The van der Waals surface area contributed by atoms with Gasteiger partial charge < -0.3 is 15.0 Å². The summed E-state index contributed by atoms with van der Waals surface area (Å²) in [4.78, 5) is 1.12. The molecule has 0 aromatic heterocycles. The standard InChI is InChI=1S/C21H26F3N3O3S/c1-27(2)18-6-3-16(4-7-18)26-17-5-8-20(19(13-17)21(22,23)24)31(28,29)25-14-15-9-11-30-12-10-15/h3-8,13,15,25-26H,9-12,14H2,1-2H3. The molecule has 1 aliphatic rings. The van der Waals surface area contributed by atoms with Gasteiger partial charge in [-0.2, -0.15) is 13.2 Å². The van der Waals surface area contributed by atoms with Crippen LogP contribution in [0.5, 0.6) is 0 Å². The molecule has 2 aromatic rings. The predicted octanol–water partition coefficient (Wildman–Crippen LogP) is 4.22. The van der Waals surface area contributed by atoms with Crippen LogP contribution in [0.2, 0.25) is 0 Å². The summed E-state index contributed by atoms with van der Waals surface area (Å²) in [6.45, 7) is 1.13. The van der Waals surface area contributed by atoms with Crippen molar-refractivity contribution in [1.29, 1.82) is 0 Å². The Morgan fingerprint density at radius 1 is 1.03 bits per heavy atom. The maximum absolute atomic E-state index is 13.7. The molecule has 0 bridgehead atoms. The molecule has 0 aliphatic carbocycles. The van der Waals surface area contributed by atoms with Crippen LogP contribution < -0.4 is 14.9 Å². The lowest BCUT2D eigenvalue weighted by Gasteiger charge is -2.23. The fourth-order valence-electron chi connectivity index (χ4n) is 3.33. The third kappa shape index (κ3) is 6.11. The Morgan fingerprint density at radius 2 is 1.65 bits per heavy atom. The van der Waals surface area contributed by atoms with E-state index in [1.165, 1.54) is 6.07 Å². The number of anilines is 3. The highest BCUT2D eigenvalue weighted by atomic mass is 32.2. The van der Waals surface area contributed by atoms with Gasteiger partial charge in [-0.3, -0.25) is 0 Å². The Morgan fingerprint density at radius 3 is 2.23 bits per heavy atom. The van der Waals surface area contributed by atoms with E-state index in [4.69, 9.17) is 4.74 Å². The molecule has 0 unspecified atom stereocenters. The van der Waals surface area contributed by atoms with Gasteiger partial charge in [-0.25, -0.2) is 13.1 Å². The van der Waals surface area contributed by atoms with Crippen LogP contribution in [0.3, 0.4) is 0 Å². The molecule has 31 heavy (non-hydrogen) atoms. The van der Waals surface area contributed by atoms with Crippen molar-refractivity contribution in [3.63, 3.8) is 0 Å². The zero-order chi connectivity index (χ0) is 22.6. The van der Waals surface area contributed by atoms with Crippen molar-refractivity contribution >= 4 is 27.1 Å². The van der Waals surface area contributed by atoms with Crippen LogP contribution >= 0.6 is 0 Å². The van der Waals surface area contributed by atoms with Crippen LogP contribution in [-0.4, -0.2) is 42.3 Å². The number of halogens is 3. The van der Waals surface area contributed by atoms with Gasteiger partial charge >= 0.3 is 6.18 Å². The number of nitrogens with one attached hydrogen (secondary N) is 2. The highest BCUT2D eigenvalue weighted by Gasteiger charge is 2.37. The molecule has 0 atom stereocenters. The van der Waals surface area contributed by atoms with E-state index in [0.717, 1.165) is 17.8 Å². The first kappa shape index (κ1) is 23.4. The molecular weight excluding hydrogens is 431 g/mol. The molecule has 6 nitrogen and oxygen atoms in total. The van der Waals surface area contributed by atoms with Gasteiger partial charge in [0.15, 0.2) is 0 Å². The third-order valence-corrected chi connectivity index (χ3v) is 6.63. The first-order valence-electron chi connectivity index (χ1n) is 9.89. The van der Waals surface area contributed by atoms with Gasteiger partial charge in [-0.15, -0.1) is 0 Å². The molecule has 0 amide bonds. The monoisotopic (exact) mass is 457 g/mol. The van der Waals surface area contributed by atoms with Crippen LogP contribution in [0, 0.1) is 5.92 Å². The largest absolute Gasteiger partial charge is 0.417 e. The van der Waals surface area contributed by atoms with E-state index in [-0.39, 0.29) is 18.2 Å². The van der Waals surface area contributed by atoms with E-state index in [0.29, 0.717) is 31.7 Å². The highest BCUT2D eigenvalue weighted by Crippen LogP contribution is 2.36. The van der Waals surface area contributed by atoms with Gasteiger partial charge in [0, 0.05) is 50.9 Å². The summed E-state index contributed by atoms with van der Waals surface area (Å²) in [5.74, 6) is 0.0453. The molecule has 0 spiro atoms. The molecule has 1 fully saturated rings. The number of rotatable bonds is 7. The minimum atomic E-state index is -4.82. The second kappa shape index (κ2) is 9.46. The van der Waals surface area contributed by atoms with E-state index < -0.39 is 26.7 Å². The van der Waals surface area contributed by atoms with Gasteiger partial charge in [0.25, 0.3) is 0 Å². The Hall–Kier alpha value is -2.30. The van der Waals surface area contributed by atoms with Crippen molar-refractivity contribution in [2.24, 2.45) is 5.92 Å². The Labute approximate surface area is 180 Å². The fourth-order valence-corrected chi connectivity index (χ4v) is 4.65. The van der Waals surface area contributed by atoms with Crippen LogP contribution in [0.25, 0.3) is 0 Å². The molecule has 0 saturated carbocycles. The van der Waals surface area contributed by atoms with E-state index >= 15 is 0 Å². The topological polar surface area (TPSA) is 70.7 Å². The van der Waals surface area contributed by atoms with E-state index in [1.807, 2.05) is 31.1 Å². The average Bonchev–Trinajstić information content (AvgIpc) is 2.73. The minimum Gasteiger partial charge on any atom is -0.381 e. The average molecular weight is 458 g/mol. The summed E-state index contributed by atoms with van der Waals surface area (Å²) in [5.41, 5.74) is 0.473. The van der Waals surface area contributed by atoms with Crippen LogP contribution in [0.1, 0.15) is 18.4 Å². The number of nitrogens with zero attached hydrogens (tertiary/aromatic N) is 1. The van der Waals surface area contributed by atoms with Crippen LogP contribution in [-0.2, 0) is 20.9 Å². The summed E-state index contributed by atoms with van der Waals surface area (Å²) < 4.78 is 73.9. The number of sulfonamides is 1. The van der Waals surface area contributed by atoms with Gasteiger partial charge in [-0.1, -0.05) is 0 Å². The molecule has 1 heterocycles. The lowest BCUT2D eigenvalue weighted by Crippen LogP contribution is -2.33. The van der Waals surface area contributed by atoms with Crippen molar-refractivity contribution in [3.05, 3.63) is 48.0 Å². The molecule has 0 radical (unpaired) electrons. The van der Waals surface area contributed by atoms with Crippen molar-refractivity contribution in [2.75, 3.05) is 44.1 Å². The van der Waals surface area contributed by atoms with Crippen molar-refractivity contribution in [3.8, 4) is 0 Å².